The van der Waals surface area contributed by atoms with E-state index in [4.69, 9.17) is 0 Å². The van der Waals surface area contributed by atoms with Crippen LogP contribution in [-0.2, 0) is 6.54 Å². The summed E-state index contributed by atoms with van der Waals surface area (Å²) < 4.78 is 0. The third-order valence-electron chi connectivity index (χ3n) is 4.00. The number of hydrogen-bond acceptors (Lipinski definition) is 3. The minimum atomic E-state index is -0.131. The van der Waals surface area contributed by atoms with E-state index < -0.39 is 0 Å². The van der Waals surface area contributed by atoms with Crippen molar-refractivity contribution in [3.63, 3.8) is 0 Å². The maximum Gasteiger partial charge on any atom is 0.270 e. The van der Waals surface area contributed by atoms with Gasteiger partial charge in [-0.2, -0.15) is 0 Å². The molecule has 1 aliphatic rings. The van der Waals surface area contributed by atoms with E-state index >= 15 is 0 Å². The highest BCUT2D eigenvalue weighted by molar-refractivity contribution is 5.92. The minimum absolute atomic E-state index is 0.131. The van der Waals surface area contributed by atoms with E-state index in [-0.39, 0.29) is 5.91 Å². The second-order valence-corrected chi connectivity index (χ2v) is 5.62. The third-order valence-corrected chi connectivity index (χ3v) is 4.00. The van der Waals surface area contributed by atoms with Gasteiger partial charge >= 0.3 is 0 Å². The molecule has 3 rings (SSSR count). The number of hydrogen-bond donors (Lipinski definition) is 1. The average Bonchev–Trinajstić information content (AvgIpc) is 2.61. The molecule has 0 atom stereocenters. The van der Waals surface area contributed by atoms with Gasteiger partial charge in [-0.1, -0.05) is 30.3 Å². The second-order valence-electron chi connectivity index (χ2n) is 5.62. The van der Waals surface area contributed by atoms with Crippen molar-refractivity contribution >= 4 is 11.6 Å². The number of rotatable bonds is 4. The molecule has 4 nitrogen and oxygen atoms in total. The molecule has 0 aliphatic carbocycles. The SMILES string of the molecule is O=C(NCc1ccccc1)c1ccc(N2CCCCC2)cn1. The van der Waals surface area contributed by atoms with E-state index in [1.54, 1.807) is 0 Å². The van der Waals surface area contributed by atoms with E-state index in [1.807, 2.05) is 48.7 Å². The van der Waals surface area contributed by atoms with E-state index in [0.717, 1.165) is 24.3 Å². The molecule has 1 aromatic carbocycles. The lowest BCUT2D eigenvalue weighted by molar-refractivity contribution is 0.0946. The van der Waals surface area contributed by atoms with Crippen molar-refractivity contribution in [1.82, 2.24) is 10.3 Å². The molecule has 1 aliphatic heterocycles. The molecule has 0 spiro atoms. The summed E-state index contributed by atoms with van der Waals surface area (Å²) in [6.45, 7) is 2.69. The van der Waals surface area contributed by atoms with E-state index in [0.29, 0.717) is 12.2 Å². The fraction of sp³-hybridized carbons (Fsp3) is 0.333. The maximum absolute atomic E-state index is 12.1. The van der Waals surface area contributed by atoms with Crippen molar-refractivity contribution in [3.8, 4) is 0 Å². The molecular formula is C18H21N3O. The second kappa shape index (κ2) is 7.07. The lowest BCUT2D eigenvalue weighted by Gasteiger charge is -2.28. The molecule has 0 saturated carbocycles. The normalized spacial score (nSPS) is 14.6. The predicted octanol–water partition coefficient (Wildman–Crippen LogP) is 3.00. The molecule has 22 heavy (non-hydrogen) atoms. The Bertz CT molecular complexity index is 604. The summed E-state index contributed by atoms with van der Waals surface area (Å²) >= 11 is 0. The highest BCUT2D eigenvalue weighted by Gasteiger charge is 2.12. The van der Waals surface area contributed by atoms with Gasteiger partial charge in [-0.15, -0.1) is 0 Å². The van der Waals surface area contributed by atoms with Crippen LogP contribution in [0.4, 0.5) is 5.69 Å². The molecule has 0 unspecified atom stereocenters. The number of pyridine rings is 1. The molecule has 1 N–H and O–H groups in total. The molecule has 1 saturated heterocycles. The topological polar surface area (TPSA) is 45.2 Å². The van der Waals surface area contributed by atoms with Gasteiger partial charge < -0.3 is 10.2 Å². The number of carbonyl (C=O) groups excluding carboxylic acids is 1. The van der Waals surface area contributed by atoms with Crippen molar-refractivity contribution in [1.29, 1.82) is 0 Å². The smallest absolute Gasteiger partial charge is 0.270 e. The van der Waals surface area contributed by atoms with Crippen LogP contribution in [0.2, 0.25) is 0 Å². The molecule has 4 heteroatoms. The van der Waals surface area contributed by atoms with Crippen LogP contribution in [0.1, 0.15) is 35.3 Å². The monoisotopic (exact) mass is 295 g/mol. The van der Waals surface area contributed by atoms with Crippen molar-refractivity contribution in [2.75, 3.05) is 18.0 Å². The summed E-state index contributed by atoms with van der Waals surface area (Å²) in [5.41, 5.74) is 2.66. The Morgan fingerprint density at radius 2 is 1.82 bits per heavy atom. The van der Waals surface area contributed by atoms with Gasteiger partial charge in [-0.25, -0.2) is 4.98 Å². The van der Waals surface area contributed by atoms with Crippen molar-refractivity contribution < 1.29 is 4.79 Å². The highest BCUT2D eigenvalue weighted by Crippen LogP contribution is 2.18. The Balaban J connectivity index is 1.58. The summed E-state index contributed by atoms with van der Waals surface area (Å²) in [6, 6.07) is 13.7. The Morgan fingerprint density at radius 3 is 2.50 bits per heavy atom. The first-order valence-electron chi connectivity index (χ1n) is 7.86. The summed E-state index contributed by atoms with van der Waals surface area (Å²) in [5, 5.41) is 2.90. The molecule has 1 amide bonds. The van der Waals surface area contributed by atoms with Crippen molar-refractivity contribution in [2.24, 2.45) is 0 Å². The first-order chi connectivity index (χ1) is 10.8. The zero-order chi connectivity index (χ0) is 15.2. The fourth-order valence-electron chi connectivity index (χ4n) is 2.73. The van der Waals surface area contributed by atoms with Crippen LogP contribution in [0.25, 0.3) is 0 Å². The quantitative estimate of drug-likeness (QED) is 0.943. The zero-order valence-corrected chi connectivity index (χ0v) is 12.7. The molecule has 1 fully saturated rings. The minimum Gasteiger partial charge on any atom is -0.370 e. The third kappa shape index (κ3) is 3.64. The summed E-state index contributed by atoms with van der Waals surface area (Å²) in [6.07, 6.45) is 5.59. The summed E-state index contributed by atoms with van der Waals surface area (Å²) in [7, 11) is 0. The largest absolute Gasteiger partial charge is 0.370 e. The standard InChI is InChI=1S/C18H21N3O/c22-18(20-13-15-7-3-1-4-8-15)17-10-9-16(14-19-17)21-11-5-2-6-12-21/h1,3-4,7-10,14H,2,5-6,11-13H2,(H,20,22). The molecule has 2 heterocycles. The highest BCUT2D eigenvalue weighted by atomic mass is 16.1. The molecule has 1 aromatic heterocycles. The number of nitrogens with zero attached hydrogens (tertiary/aromatic N) is 2. The van der Waals surface area contributed by atoms with E-state index in [2.05, 4.69) is 15.2 Å². The lowest BCUT2D eigenvalue weighted by Crippen LogP contribution is -2.29. The lowest BCUT2D eigenvalue weighted by atomic mass is 10.1. The number of carbonyl (C=O) groups is 1. The van der Waals surface area contributed by atoms with Crippen LogP contribution in [0.15, 0.2) is 48.7 Å². The van der Waals surface area contributed by atoms with Crippen molar-refractivity contribution in [3.05, 3.63) is 59.9 Å². The van der Waals surface area contributed by atoms with Gasteiger partial charge in [-0.3, -0.25) is 4.79 Å². The van der Waals surface area contributed by atoms with Crippen molar-refractivity contribution in [2.45, 2.75) is 25.8 Å². The Hall–Kier alpha value is -2.36. The number of nitrogens with one attached hydrogen (secondary N) is 1. The zero-order valence-electron chi connectivity index (χ0n) is 12.7. The van der Waals surface area contributed by atoms with E-state index in [9.17, 15) is 4.79 Å². The number of amides is 1. The first kappa shape index (κ1) is 14.6. The van der Waals surface area contributed by atoms with Gasteiger partial charge in [0.15, 0.2) is 0 Å². The van der Waals surface area contributed by atoms with Crippen LogP contribution in [0.3, 0.4) is 0 Å². The van der Waals surface area contributed by atoms with Gasteiger partial charge in [0.25, 0.3) is 5.91 Å². The molecule has 0 radical (unpaired) electrons. The molecule has 0 bridgehead atoms. The van der Waals surface area contributed by atoms with Crippen LogP contribution in [0, 0.1) is 0 Å². The van der Waals surface area contributed by atoms with Gasteiger partial charge in [0, 0.05) is 19.6 Å². The van der Waals surface area contributed by atoms with Gasteiger partial charge in [0.2, 0.25) is 0 Å². The average molecular weight is 295 g/mol. The van der Waals surface area contributed by atoms with Crippen LogP contribution >= 0.6 is 0 Å². The van der Waals surface area contributed by atoms with Crippen LogP contribution in [0.5, 0.6) is 0 Å². The number of benzene rings is 1. The fourth-order valence-corrected chi connectivity index (χ4v) is 2.73. The van der Waals surface area contributed by atoms with E-state index in [1.165, 1.54) is 19.3 Å². The Kier molecular flexibility index (Phi) is 4.68. The predicted molar refractivity (Wildman–Crippen MR) is 87.9 cm³/mol. The molecule has 2 aromatic rings. The van der Waals surface area contributed by atoms with Crippen LogP contribution in [-0.4, -0.2) is 24.0 Å². The maximum atomic E-state index is 12.1. The van der Waals surface area contributed by atoms with Gasteiger partial charge in [-0.05, 0) is 37.0 Å². The number of anilines is 1. The first-order valence-corrected chi connectivity index (χ1v) is 7.86. The van der Waals surface area contributed by atoms with Gasteiger partial charge in [0.05, 0.1) is 11.9 Å². The molecule has 114 valence electrons. The molecular weight excluding hydrogens is 274 g/mol. The Labute approximate surface area is 131 Å². The number of aromatic nitrogens is 1. The Morgan fingerprint density at radius 1 is 1.05 bits per heavy atom. The summed E-state index contributed by atoms with van der Waals surface area (Å²) in [5.74, 6) is -0.131. The van der Waals surface area contributed by atoms with Crippen LogP contribution < -0.4 is 10.2 Å². The number of piperidine rings is 1. The van der Waals surface area contributed by atoms with Gasteiger partial charge in [0.1, 0.15) is 5.69 Å². The summed E-state index contributed by atoms with van der Waals surface area (Å²) in [4.78, 5) is 18.8.